The lowest BCUT2D eigenvalue weighted by atomic mass is 9.98. The van der Waals surface area contributed by atoms with E-state index in [2.05, 4.69) is 38.4 Å². The van der Waals surface area contributed by atoms with E-state index in [4.69, 9.17) is 4.74 Å². The van der Waals surface area contributed by atoms with Crippen molar-refractivity contribution in [1.29, 1.82) is 0 Å². The van der Waals surface area contributed by atoms with Crippen LogP contribution in [0.25, 0.3) is 22.4 Å². The van der Waals surface area contributed by atoms with E-state index in [9.17, 15) is 14.7 Å². The van der Waals surface area contributed by atoms with E-state index in [0.29, 0.717) is 11.3 Å². The lowest BCUT2D eigenvalue weighted by Gasteiger charge is -2.14. The summed E-state index contributed by atoms with van der Waals surface area (Å²) in [5, 5.41) is 12.3. The second-order valence-corrected chi connectivity index (χ2v) is 9.37. The number of aromatic nitrogens is 1. The molecule has 5 rings (SSSR count). The largest absolute Gasteiger partial charge is 0.477 e. The van der Waals surface area contributed by atoms with Crippen molar-refractivity contribution in [2.45, 2.75) is 5.92 Å². The Labute approximate surface area is 202 Å². The van der Waals surface area contributed by atoms with Gasteiger partial charge in [0.2, 0.25) is 0 Å². The molecule has 8 heteroatoms. The van der Waals surface area contributed by atoms with Gasteiger partial charge in [-0.15, -0.1) is 0 Å². The Hall–Kier alpha value is -3.49. The zero-order valence-corrected chi connectivity index (χ0v) is 19.5. The second-order valence-electron chi connectivity index (χ2n) is 7.46. The molecule has 2 N–H and O–H groups in total. The highest BCUT2D eigenvalue weighted by atomic mass is 79.9. The highest BCUT2D eigenvalue weighted by Gasteiger charge is 2.29. The number of hydrogen-bond acceptors (Lipinski definition) is 5. The maximum atomic E-state index is 12.5. The van der Waals surface area contributed by atoms with E-state index in [1.807, 2.05) is 36.4 Å². The maximum Gasteiger partial charge on any atom is 0.413 e. The summed E-state index contributed by atoms with van der Waals surface area (Å²) < 4.78 is 6.41. The molecule has 0 radical (unpaired) electrons. The van der Waals surface area contributed by atoms with Gasteiger partial charge >= 0.3 is 12.1 Å². The minimum Gasteiger partial charge on any atom is -0.477 e. The third-order valence-corrected chi connectivity index (χ3v) is 6.98. The lowest BCUT2D eigenvalue weighted by molar-refractivity contribution is 0.0702. The molecule has 0 atom stereocenters. The monoisotopic (exact) mass is 520 g/mol. The third-order valence-electron chi connectivity index (χ3n) is 5.49. The average Bonchev–Trinajstić information content (AvgIpc) is 3.38. The number of nitrogens with one attached hydrogen (secondary N) is 1. The van der Waals surface area contributed by atoms with Crippen molar-refractivity contribution in [3.63, 3.8) is 0 Å². The van der Waals surface area contributed by atoms with Crippen LogP contribution in [0.1, 0.15) is 26.7 Å². The van der Waals surface area contributed by atoms with E-state index in [-0.39, 0.29) is 22.5 Å². The van der Waals surface area contributed by atoms with Crippen LogP contribution in [0.3, 0.4) is 0 Å². The smallest absolute Gasteiger partial charge is 0.413 e. The van der Waals surface area contributed by atoms with E-state index >= 15 is 0 Å². The molecule has 4 aromatic rings. The SMILES string of the molecule is O=C(Nc1nc(-c2ccc(Br)cc2)c(C(=O)O)s1)OCC1c2ccccc2-c2ccccc21. The average molecular weight is 521 g/mol. The van der Waals surface area contributed by atoms with Crippen LogP contribution in [0.4, 0.5) is 9.93 Å². The fraction of sp³-hybridized carbons (Fsp3) is 0.0800. The summed E-state index contributed by atoms with van der Waals surface area (Å²) >= 11 is 4.26. The number of ether oxygens (including phenoxy) is 1. The van der Waals surface area contributed by atoms with Crippen LogP contribution in [0.5, 0.6) is 0 Å². The highest BCUT2D eigenvalue weighted by molar-refractivity contribution is 9.10. The van der Waals surface area contributed by atoms with Crippen LogP contribution in [0, 0.1) is 0 Å². The van der Waals surface area contributed by atoms with Crippen LogP contribution in [0.2, 0.25) is 0 Å². The fourth-order valence-corrected chi connectivity index (χ4v) is 5.12. The first-order valence-corrected chi connectivity index (χ1v) is 11.7. The van der Waals surface area contributed by atoms with Gasteiger partial charge in [-0.05, 0) is 34.4 Å². The van der Waals surface area contributed by atoms with Crippen molar-refractivity contribution in [3.05, 3.63) is 93.3 Å². The van der Waals surface area contributed by atoms with Gasteiger partial charge in [-0.1, -0.05) is 87.9 Å². The number of hydrogen-bond donors (Lipinski definition) is 2. The van der Waals surface area contributed by atoms with Crippen molar-refractivity contribution in [2.24, 2.45) is 0 Å². The van der Waals surface area contributed by atoms with Crippen molar-refractivity contribution in [3.8, 4) is 22.4 Å². The molecule has 0 fully saturated rings. The predicted molar refractivity (Wildman–Crippen MR) is 131 cm³/mol. The molecule has 0 spiro atoms. The van der Waals surface area contributed by atoms with Crippen molar-refractivity contribution >= 4 is 44.5 Å². The number of nitrogens with zero attached hydrogens (tertiary/aromatic N) is 1. The number of anilines is 1. The summed E-state index contributed by atoms with van der Waals surface area (Å²) in [6, 6.07) is 23.3. The molecule has 1 aliphatic carbocycles. The first kappa shape index (κ1) is 21.4. The highest BCUT2D eigenvalue weighted by Crippen LogP contribution is 2.44. The normalized spacial score (nSPS) is 12.2. The molecule has 1 aliphatic rings. The molecule has 3 aromatic carbocycles. The maximum absolute atomic E-state index is 12.5. The molecule has 0 unspecified atom stereocenters. The van der Waals surface area contributed by atoms with E-state index in [1.165, 1.54) is 0 Å². The van der Waals surface area contributed by atoms with Crippen molar-refractivity contribution in [1.82, 2.24) is 4.98 Å². The van der Waals surface area contributed by atoms with Gasteiger partial charge in [-0.2, -0.15) is 0 Å². The van der Waals surface area contributed by atoms with Crippen molar-refractivity contribution in [2.75, 3.05) is 11.9 Å². The number of carbonyl (C=O) groups is 2. The number of rotatable bonds is 5. The zero-order chi connectivity index (χ0) is 22.9. The summed E-state index contributed by atoms with van der Waals surface area (Å²) in [6.45, 7) is 0.163. The summed E-state index contributed by atoms with van der Waals surface area (Å²) in [7, 11) is 0. The first-order valence-electron chi connectivity index (χ1n) is 10.1. The Morgan fingerprint density at radius 3 is 2.18 bits per heavy atom. The number of fused-ring (bicyclic) bond motifs is 3. The molecule has 164 valence electrons. The van der Waals surface area contributed by atoms with Crippen LogP contribution < -0.4 is 5.32 Å². The molecule has 0 saturated heterocycles. The number of carboxylic acids is 1. The van der Waals surface area contributed by atoms with Crippen LogP contribution >= 0.6 is 27.3 Å². The standard InChI is InChI=1S/C25H17BrN2O4S/c26-15-11-9-14(10-12-15)21-22(23(29)30)33-24(27-21)28-25(31)32-13-20-18-7-3-1-5-16(18)17-6-2-4-8-19(17)20/h1-12,20H,13H2,(H,29,30)(H,27,28,31). The molecule has 0 bridgehead atoms. The number of carboxylic acid groups (broad SMARTS) is 1. The summed E-state index contributed by atoms with van der Waals surface area (Å²) in [5.41, 5.74) is 5.47. The molecular weight excluding hydrogens is 504 g/mol. The molecule has 1 heterocycles. The Bertz CT molecular complexity index is 1320. The zero-order valence-electron chi connectivity index (χ0n) is 17.1. The van der Waals surface area contributed by atoms with Gasteiger partial charge in [0, 0.05) is 16.0 Å². The van der Waals surface area contributed by atoms with Crippen molar-refractivity contribution < 1.29 is 19.4 Å². The number of halogens is 1. The van der Waals surface area contributed by atoms with Crippen LogP contribution in [-0.2, 0) is 4.74 Å². The van der Waals surface area contributed by atoms with E-state index in [1.54, 1.807) is 24.3 Å². The number of thiazole rings is 1. The van der Waals surface area contributed by atoms with Gasteiger partial charge in [-0.3, -0.25) is 5.32 Å². The van der Waals surface area contributed by atoms with E-state index < -0.39 is 12.1 Å². The lowest BCUT2D eigenvalue weighted by Crippen LogP contribution is -2.17. The Balaban J connectivity index is 1.33. The summed E-state index contributed by atoms with van der Waals surface area (Å²) in [4.78, 5) is 28.6. The van der Waals surface area contributed by atoms with Gasteiger partial charge in [0.25, 0.3) is 0 Å². The Morgan fingerprint density at radius 2 is 1.58 bits per heavy atom. The Morgan fingerprint density at radius 1 is 0.970 bits per heavy atom. The number of amides is 1. The second kappa shape index (κ2) is 8.80. The molecule has 1 amide bonds. The molecule has 6 nitrogen and oxygen atoms in total. The topological polar surface area (TPSA) is 88.5 Å². The molecular formula is C25H17BrN2O4S. The van der Waals surface area contributed by atoms with Gasteiger partial charge in [0.15, 0.2) is 5.13 Å². The quantitative estimate of drug-likeness (QED) is 0.308. The molecule has 0 aliphatic heterocycles. The number of aromatic carboxylic acids is 1. The minimum atomic E-state index is -1.11. The summed E-state index contributed by atoms with van der Waals surface area (Å²) in [6.07, 6.45) is -0.676. The summed E-state index contributed by atoms with van der Waals surface area (Å²) in [5.74, 6) is -1.17. The van der Waals surface area contributed by atoms with Gasteiger partial charge < -0.3 is 9.84 Å². The third kappa shape index (κ3) is 4.15. The van der Waals surface area contributed by atoms with E-state index in [0.717, 1.165) is 38.1 Å². The number of benzene rings is 3. The predicted octanol–water partition coefficient (Wildman–Crippen LogP) is 6.63. The van der Waals surface area contributed by atoms with Gasteiger partial charge in [-0.25, -0.2) is 14.6 Å². The molecule has 33 heavy (non-hydrogen) atoms. The van der Waals surface area contributed by atoms with Gasteiger partial charge in [0.1, 0.15) is 11.5 Å². The molecule has 0 saturated carbocycles. The Kier molecular flexibility index (Phi) is 5.70. The minimum absolute atomic E-state index is 0.0475. The van der Waals surface area contributed by atoms with Crippen LogP contribution in [-0.4, -0.2) is 28.8 Å². The molecule has 1 aromatic heterocycles. The fourth-order valence-electron chi connectivity index (χ4n) is 4.04. The first-order chi connectivity index (χ1) is 16.0. The number of carbonyl (C=O) groups excluding carboxylic acids is 1. The van der Waals surface area contributed by atoms with Crippen LogP contribution in [0.15, 0.2) is 77.3 Å². The van der Waals surface area contributed by atoms with Gasteiger partial charge in [0.05, 0.1) is 5.69 Å².